The van der Waals surface area contributed by atoms with Gasteiger partial charge in [0.05, 0.1) is 20.3 Å². The lowest BCUT2D eigenvalue weighted by Gasteiger charge is -2.20. The van der Waals surface area contributed by atoms with Crippen LogP contribution in [-0.2, 0) is 27.4 Å². The van der Waals surface area contributed by atoms with Crippen LogP contribution in [-0.4, -0.2) is 42.5 Å². The lowest BCUT2D eigenvalue weighted by Crippen LogP contribution is -2.26. The van der Waals surface area contributed by atoms with Gasteiger partial charge in [0, 0.05) is 12.7 Å². The van der Waals surface area contributed by atoms with Gasteiger partial charge in [-0.2, -0.15) is 0 Å². The Labute approximate surface area is 263 Å². The maximum atomic E-state index is 12.6. The van der Waals surface area contributed by atoms with E-state index >= 15 is 0 Å². The topological polar surface area (TPSA) is 92.3 Å². The number of unbranched alkanes of at least 4 members (excludes halogenated alkanes) is 9. The minimum atomic E-state index is -4.37. The second-order valence-electron chi connectivity index (χ2n) is 11.3. The van der Waals surface area contributed by atoms with E-state index in [0.29, 0.717) is 18.9 Å². The molecule has 44 heavy (non-hydrogen) atoms. The number of methoxy groups -OCH3 is 1. The molecule has 0 amide bonds. The maximum absolute atomic E-state index is 12.6. The Hall–Kier alpha value is -2.84. The van der Waals surface area contributed by atoms with Crippen molar-refractivity contribution in [2.75, 3.05) is 26.9 Å². The zero-order valence-corrected chi connectivity index (χ0v) is 27.9. The fourth-order valence-electron chi connectivity index (χ4n) is 4.84. The number of phosphoric acid groups is 1. The van der Waals surface area contributed by atoms with Crippen LogP contribution in [0.15, 0.2) is 61.2 Å². The van der Waals surface area contributed by atoms with Gasteiger partial charge in [-0.05, 0) is 43.2 Å². The van der Waals surface area contributed by atoms with Crippen LogP contribution in [0.25, 0.3) is 0 Å². The Morgan fingerprint density at radius 3 is 2.14 bits per heavy atom. The van der Waals surface area contributed by atoms with Crippen LogP contribution in [0.5, 0.6) is 17.2 Å². The van der Waals surface area contributed by atoms with Crippen molar-refractivity contribution in [1.82, 2.24) is 4.57 Å². The average molecular weight is 632 g/mol. The molecular formula is C34H52N2O7P+. The van der Waals surface area contributed by atoms with Gasteiger partial charge >= 0.3 is 7.82 Å². The van der Waals surface area contributed by atoms with Crippen molar-refractivity contribution in [3.05, 3.63) is 72.3 Å². The highest BCUT2D eigenvalue weighted by molar-refractivity contribution is 7.47. The van der Waals surface area contributed by atoms with Gasteiger partial charge in [0.2, 0.25) is 6.33 Å². The largest absolute Gasteiger partial charge is 0.527 e. The zero-order chi connectivity index (χ0) is 31.6. The summed E-state index contributed by atoms with van der Waals surface area (Å²) in [4.78, 5) is 10.3. The third-order valence-corrected chi connectivity index (χ3v) is 8.42. The van der Waals surface area contributed by atoms with E-state index in [2.05, 4.69) is 6.92 Å². The van der Waals surface area contributed by atoms with Gasteiger partial charge in [0.25, 0.3) is 0 Å². The van der Waals surface area contributed by atoms with Gasteiger partial charge in [-0.3, -0.25) is 9.42 Å². The molecule has 0 aliphatic carbocycles. The molecule has 2 aromatic carbocycles. The van der Waals surface area contributed by atoms with E-state index in [0.717, 1.165) is 23.3 Å². The normalized spacial score (nSPS) is 13.4. The number of aromatic nitrogens is 2. The minimum absolute atomic E-state index is 0.130. The predicted molar refractivity (Wildman–Crippen MR) is 172 cm³/mol. The average Bonchev–Trinajstić information content (AvgIpc) is 3.42. The Morgan fingerprint density at radius 1 is 0.886 bits per heavy atom. The van der Waals surface area contributed by atoms with Gasteiger partial charge in [-0.25, -0.2) is 13.7 Å². The molecule has 0 aliphatic heterocycles. The molecule has 10 heteroatoms. The molecule has 244 valence electrons. The van der Waals surface area contributed by atoms with E-state index in [1.54, 1.807) is 12.1 Å². The number of nitrogens with zero attached hydrogens (tertiary/aromatic N) is 2. The van der Waals surface area contributed by atoms with E-state index in [-0.39, 0.29) is 19.0 Å². The van der Waals surface area contributed by atoms with Gasteiger partial charge < -0.3 is 18.7 Å². The zero-order valence-electron chi connectivity index (χ0n) is 27.0. The smallest absolute Gasteiger partial charge is 0.493 e. The molecule has 0 bridgehead atoms. The van der Waals surface area contributed by atoms with Crippen molar-refractivity contribution in [2.45, 2.75) is 90.7 Å². The summed E-state index contributed by atoms with van der Waals surface area (Å²) in [6.45, 7) is 5.52. The molecule has 0 saturated heterocycles. The van der Waals surface area contributed by atoms with Gasteiger partial charge in [0.1, 0.15) is 48.9 Å². The summed E-state index contributed by atoms with van der Waals surface area (Å²) in [5.74, 6) is 1.71. The number of aryl methyl sites for hydroxylation is 1. The molecule has 0 saturated carbocycles. The molecule has 9 nitrogen and oxygen atoms in total. The molecule has 1 N–H and O–H groups in total. The SMILES string of the molecule is CCCCCCCCCCCCOc1cccc(OCC(COP(=O)(O)Oc2ccc(Cn3cc[n+](C)c3)cc2)OC)c1C. The third kappa shape index (κ3) is 13.4. The summed E-state index contributed by atoms with van der Waals surface area (Å²) in [6.07, 6.45) is 18.2. The van der Waals surface area contributed by atoms with E-state index in [1.165, 1.54) is 64.9 Å². The molecule has 0 aliphatic rings. The molecule has 3 rings (SSSR count). The van der Waals surface area contributed by atoms with Crippen molar-refractivity contribution < 1.29 is 37.3 Å². The van der Waals surface area contributed by atoms with Crippen molar-refractivity contribution >= 4 is 7.82 Å². The number of hydrogen-bond acceptors (Lipinski definition) is 6. The van der Waals surface area contributed by atoms with Gasteiger partial charge in [0.15, 0.2) is 0 Å². The molecule has 0 fully saturated rings. The van der Waals surface area contributed by atoms with Gasteiger partial charge in [-0.15, -0.1) is 0 Å². The highest BCUT2D eigenvalue weighted by Gasteiger charge is 2.25. The van der Waals surface area contributed by atoms with E-state index in [9.17, 15) is 9.46 Å². The standard InChI is InChI=1S/C34H51N2O7P/c1-5-6-7-8-9-10-11-12-13-14-24-40-33-16-15-17-34(29(33)2)41-26-32(39-4)27-42-44(37,38)43-31-20-18-30(19-21-31)25-36-23-22-35(3)28-36/h15-23,28,32H,5-14,24-27H2,1-4H3/p+1. The van der Waals surface area contributed by atoms with Crippen LogP contribution >= 0.6 is 7.82 Å². The van der Waals surface area contributed by atoms with Crippen LogP contribution in [0.3, 0.4) is 0 Å². The van der Waals surface area contributed by atoms with Gasteiger partial charge in [-0.1, -0.05) is 82.9 Å². The number of imidazole rings is 1. The molecule has 3 aromatic rings. The quantitative estimate of drug-likeness (QED) is 0.0656. The first-order valence-electron chi connectivity index (χ1n) is 15.9. The first kappa shape index (κ1) is 35.6. The van der Waals surface area contributed by atoms with Crippen LogP contribution in [0.4, 0.5) is 0 Å². The summed E-state index contributed by atoms with van der Waals surface area (Å²) in [5.41, 5.74) is 1.93. The van der Waals surface area contributed by atoms with E-state index < -0.39 is 13.9 Å². The van der Waals surface area contributed by atoms with Crippen molar-refractivity contribution in [2.24, 2.45) is 7.05 Å². The van der Waals surface area contributed by atoms with Crippen LogP contribution in [0, 0.1) is 6.92 Å². The maximum Gasteiger partial charge on any atom is 0.527 e. The number of benzene rings is 2. The summed E-state index contributed by atoms with van der Waals surface area (Å²) in [5, 5.41) is 0. The number of hydrogen-bond donors (Lipinski definition) is 1. The molecule has 2 atom stereocenters. The summed E-state index contributed by atoms with van der Waals surface area (Å²) in [7, 11) is -0.906. The first-order valence-corrected chi connectivity index (χ1v) is 17.4. The first-order chi connectivity index (χ1) is 21.3. The highest BCUT2D eigenvalue weighted by Crippen LogP contribution is 2.44. The lowest BCUT2D eigenvalue weighted by molar-refractivity contribution is -0.671. The molecule has 2 unspecified atom stereocenters. The summed E-state index contributed by atoms with van der Waals surface area (Å²) < 4.78 is 44.5. The second-order valence-corrected chi connectivity index (χ2v) is 12.7. The second kappa shape index (κ2) is 19.5. The predicted octanol–water partition coefficient (Wildman–Crippen LogP) is 7.56. The Morgan fingerprint density at radius 2 is 1.52 bits per heavy atom. The van der Waals surface area contributed by atoms with Crippen LogP contribution in [0.2, 0.25) is 0 Å². The lowest BCUT2D eigenvalue weighted by atomic mass is 10.1. The highest BCUT2D eigenvalue weighted by atomic mass is 31.2. The van der Waals surface area contributed by atoms with Crippen molar-refractivity contribution in [1.29, 1.82) is 0 Å². The molecule has 1 aromatic heterocycles. The Bertz CT molecular complexity index is 1260. The molecule has 1 heterocycles. The fraction of sp³-hybridized carbons (Fsp3) is 0.559. The van der Waals surface area contributed by atoms with Crippen molar-refractivity contribution in [3.63, 3.8) is 0 Å². The number of phosphoric ester groups is 1. The summed E-state index contributed by atoms with van der Waals surface area (Å²) >= 11 is 0. The molecule has 0 spiro atoms. The van der Waals surface area contributed by atoms with Crippen molar-refractivity contribution in [3.8, 4) is 17.2 Å². The molecular weight excluding hydrogens is 579 g/mol. The summed E-state index contributed by atoms with van der Waals surface area (Å²) in [6, 6.07) is 12.7. The fourth-order valence-corrected chi connectivity index (χ4v) is 5.64. The third-order valence-electron chi connectivity index (χ3n) is 7.50. The van der Waals surface area contributed by atoms with Crippen LogP contribution < -0.4 is 18.6 Å². The Balaban J connectivity index is 1.36. The minimum Gasteiger partial charge on any atom is -0.493 e. The number of ether oxygens (including phenoxy) is 3. The monoisotopic (exact) mass is 631 g/mol. The molecule has 0 radical (unpaired) electrons. The van der Waals surface area contributed by atoms with Crippen LogP contribution in [0.1, 0.15) is 82.3 Å². The number of rotatable bonds is 23. The Kier molecular flexibility index (Phi) is 15.8. The van der Waals surface area contributed by atoms with E-state index in [1.807, 2.05) is 72.2 Å². The van der Waals surface area contributed by atoms with E-state index in [4.69, 9.17) is 23.3 Å².